The Bertz CT molecular complexity index is 2150. The number of fused-ring (bicyclic) bond motifs is 5. The van der Waals surface area contributed by atoms with Crippen molar-refractivity contribution >= 4 is 32.7 Å². The molecule has 0 radical (unpaired) electrons. The van der Waals surface area contributed by atoms with Crippen LogP contribution in [-0.4, -0.2) is 19.9 Å². The summed E-state index contributed by atoms with van der Waals surface area (Å²) in [6.07, 6.45) is 5.34. The van der Waals surface area contributed by atoms with Crippen LogP contribution in [0.2, 0.25) is 0 Å². The first-order chi connectivity index (χ1) is 19.8. The second-order valence-electron chi connectivity index (χ2n) is 9.59. The van der Waals surface area contributed by atoms with Crippen molar-refractivity contribution in [2.75, 3.05) is 0 Å². The summed E-state index contributed by atoms with van der Waals surface area (Å²) in [6, 6.07) is 34.2. The van der Waals surface area contributed by atoms with E-state index in [1.165, 1.54) is 0 Å². The Kier molecular flexibility index (Phi) is 5.03. The van der Waals surface area contributed by atoms with Gasteiger partial charge in [-0.2, -0.15) is 0 Å². The second kappa shape index (κ2) is 8.99. The van der Waals surface area contributed by atoms with Crippen LogP contribution in [0, 0.1) is 0 Å². The maximum Gasteiger partial charge on any atom is 0.199 e. The van der Waals surface area contributed by atoms with E-state index >= 15 is 0 Å². The van der Waals surface area contributed by atoms with Crippen molar-refractivity contribution in [3.05, 3.63) is 122 Å². The first kappa shape index (κ1) is 22.4. The van der Waals surface area contributed by atoms with Crippen molar-refractivity contribution < 1.29 is 8.83 Å². The van der Waals surface area contributed by atoms with Gasteiger partial charge in [0.1, 0.15) is 11.2 Å². The Morgan fingerprint density at radius 2 is 1.18 bits per heavy atom. The van der Waals surface area contributed by atoms with Gasteiger partial charge in [0.15, 0.2) is 23.2 Å². The molecule has 188 valence electrons. The zero-order valence-electron chi connectivity index (χ0n) is 21.2. The minimum atomic E-state index is 0.476. The molecule has 6 nitrogen and oxygen atoms in total. The van der Waals surface area contributed by atoms with Gasteiger partial charge < -0.3 is 8.83 Å². The quantitative estimate of drug-likeness (QED) is 0.233. The number of pyridine rings is 1. The largest absolute Gasteiger partial charge is 0.464 e. The Morgan fingerprint density at radius 3 is 1.95 bits per heavy atom. The van der Waals surface area contributed by atoms with Crippen LogP contribution in [-0.2, 0) is 0 Å². The predicted molar refractivity (Wildman–Crippen MR) is 156 cm³/mol. The summed E-state index contributed by atoms with van der Waals surface area (Å²) in [5.74, 6) is 2.21. The Balaban J connectivity index is 1.28. The summed E-state index contributed by atoms with van der Waals surface area (Å²) >= 11 is 0. The molecule has 0 saturated carbocycles. The van der Waals surface area contributed by atoms with E-state index in [9.17, 15) is 0 Å². The van der Waals surface area contributed by atoms with Crippen LogP contribution in [0.15, 0.2) is 131 Å². The highest BCUT2D eigenvalue weighted by atomic mass is 16.3. The number of rotatable bonds is 4. The van der Waals surface area contributed by atoms with Crippen molar-refractivity contribution in [2.45, 2.75) is 0 Å². The van der Waals surface area contributed by atoms with E-state index in [0.717, 1.165) is 55.0 Å². The Labute approximate surface area is 228 Å². The molecule has 6 heteroatoms. The fraction of sp³-hybridized carbons (Fsp3) is 0. The molecule has 4 aromatic carbocycles. The van der Waals surface area contributed by atoms with Gasteiger partial charge in [-0.25, -0.2) is 15.0 Å². The maximum atomic E-state index is 6.45. The molecule has 0 unspecified atom stereocenters. The number of benzene rings is 4. The molecule has 0 saturated heterocycles. The first-order valence-electron chi connectivity index (χ1n) is 13.0. The molecule has 0 aliphatic carbocycles. The molecular formula is C34H20N4O2. The molecule has 4 heterocycles. The van der Waals surface area contributed by atoms with Crippen molar-refractivity contribution in [1.82, 2.24) is 19.9 Å². The molecule has 4 aromatic heterocycles. The van der Waals surface area contributed by atoms with Gasteiger partial charge in [-0.15, -0.1) is 0 Å². The summed E-state index contributed by atoms with van der Waals surface area (Å²) in [7, 11) is 0. The van der Waals surface area contributed by atoms with E-state index in [2.05, 4.69) is 29.2 Å². The lowest BCUT2D eigenvalue weighted by Gasteiger charge is -2.08. The zero-order valence-corrected chi connectivity index (χ0v) is 21.2. The van der Waals surface area contributed by atoms with Crippen LogP contribution in [0.25, 0.3) is 78.2 Å². The van der Waals surface area contributed by atoms with Gasteiger partial charge in [0.25, 0.3) is 0 Å². The van der Waals surface area contributed by atoms with Gasteiger partial charge in [0.05, 0.1) is 6.26 Å². The number of furan rings is 2. The Hall–Kier alpha value is -5.62. The van der Waals surface area contributed by atoms with Crippen LogP contribution < -0.4 is 0 Å². The highest BCUT2D eigenvalue weighted by molar-refractivity contribution is 6.14. The number of hydrogen-bond donors (Lipinski definition) is 0. The van der Waals surface area contributed by atoms with Gasteiger partial charge in [0.2, 0.25) is 0 Å². The lowest BCUT2D eigenvalue weighted by atomic mass is 10.1. The fourth-order valence-corrected chi connectivity index (χ4v) is 5.12. The van der Waals surface area contributed by atoms with Crippen LogP contribution in [0.3, 0.4) is 0 Å². The molecule has 0 spiro atoms. The number of nitrogens with zero attached hydrogens (tertiary/aromatic N) is 4. The van der Waals surface area contributed by atoms with Gasteiger partial charge in [-0.05, 0) is 41.5 Å². The molecule has 8 aromatic rings. The molecule has 0 bridgehead atoms. The standard InChI is InChI=1S/C34H20N4O2/c1-2-5-23(6-3-1)32-36-33(24-10-8-21(9-11-24)26-7-4-17-35-20-26)38-34(37-32)29-19-25-13-15-27-28(31(25)40-29)14-12-22-16-18-39-30(22)27/h1-20H. The third-order valence-electron chi connectivity index (χ3n) is 7.12. The minimum Gasteiger partial charge on any atom is -0.464 e. The fourth-order valence-electron chi connectivity index (χ4n) is 5.12. The zero-order chi connectivity index (χ0) is 26.5. The number of hydrogen-bond acceptors (Lipinski definition) is 6. The highest BCUT2D eigenvalue weighted by Gasteiger charge is 2.17. The molecule has 0 fully saturated rings. The summed E-state index contributed by atoms with van der Waals surface area (Å²) < 4.78 is 12.2. The second-order valence-corrected chi connectivity index (χ2v) is 9.59. The van der Waals surface area contributed by atoms with Crippen molar-refractivity contribution in [3.63, 3.8) is 0 Å². The highest BCUT2D eigenvalue weighted by Crippen LogP contribution is 2.36. The van der Waals surface area contributed by atoms with Gasteiger partial charge in [-0.3, -0.25) is 4.98 Å². The monoisotopic (exact) mass is 516 g/mol. The van der Waals surface area contributed by atoms with E-state index < -0.39 is 0 Å². The molecule has 40 heavy (non-hydrogen) atoms. The van der Waals surface area contributed by atoms with Crippen LogP contribution in [0.1, 0.15) is 0 Å². The van der Waals surface area contributed by atoms with Crippen LogP contribution in [0.5, 0.6) is 0 Å². The normalized spacial score (nSPS) is 11.5. The summed E-state index contributed by atoms with van der Waals surface area (Å²) in [5, 5.41) is 4.01. The van der Waals surface area contributed by atoms with Crippen LogP contribution in [0.4, 0.5) is 0 Å². The summed E-state index contributed by atoms with van der Waals surface area (Å²) in [6.45, 7) is 0. The summed E-state index contributed by atoms with van der Waals surface area (Å²) in [5.41, 5.74) is 5.54. The van der Waals surface area contributed by atoms with E-state index in [-0.39, 0.29) is 0 Å². The van der Waals surface area contributed by atoms with E-state index in [1.54, 1.807) is 12.5 Å². The lowest BCUT2D eigenvalue weighted by Crippen LogP contribution is -1.99. The maximum absolute atomic E-state index is 6.45. The molecule has 8 rings (SSSR count). The third-order valence-corrected chi connectivity index (χ3v) is 7.12. The first-order valence-corrected chi connectivity index (χ1v) is 13.0. The minimum absolute atomic E-state index is 0.476. The van der Waals surface area contributed by atoms with E-state index in [4.69, 9.17) is 23.8 Å². The van der Waals surface area contributed by atoms with Crippen LogP contribution >= 0.6 is 0 Å². The summed E-state index contributed by atoms with van der Waals surface area (Å²) in [4.78, 5) is 18.8. The van der Waals surface area contributed by atoms with Gasteiger partial charge >= 0.3 is 0 Å². The molecular weight excluding hydrogens is 496 g/mol. The molecule has 0 amide bonds. The average Bonchev–Trinajstić information content (AvgIpc) is 3.70. The van der Waals surface area contributed by atoms with Crippen molar-refractivity contribution in [2.24, 2.45) is 0 Å². The number of aromatic nitrogens is 4. The third kappa shape index (κ3) is 3.74. The van der Waals surface area contributed by atoms with E-state index in [0.29, 0.717) is 23.2 Å². The Morgan fingerprint density at radius 1 is 0.500 bits per heavy atom. The average molecular weight is 517 g/mol. The molecule has 0 aliphatic heterocycles. The van der Waals surface area contributed by atoms with Gasteiger partial charge in [-0.1, -0.05) is 72.8 Å². The lowest BCUT2D eigenvalue weighted by molar-refractivity contribution is 0.618. The van der Waals surface area contributed by atoms with Gasteiger partial charge in [0, 0.05) is 45.1 Å². The molecule has 0 aliphatic rings. The topological polar surface area (TPSA) is 77.8 Å². The smallest absolute Gasteiger partial charge is 0.199 e. The van der Waals surface area contributed by atoms with Crippen molar-refractivity contribution in [3.8, 4) is 45.5 Å². The van der Waals surface area contributed by atoms with Crippen molar-refractivity contribution in [1.29, 1.82) is 0 Å². The SMILES string of the molecule is c1ccc(-c2nc(-c3ccc(-c4cccnc4)cc3)nc(-c3cc4ccc5c(ccc6ccoc65)c4o3)n2)cc1. The predicted octanol–water partition coefficient (Wildman–Crippen LogP) is 8.58. The molecule has 0 N–H and O–H groups in total. The van der Waals surface area contributed by atoms with E-state index in [1.807, 2.05) is 85.1 Å². The molecule has 0 atom stereocenters.